The topological polar surface area (TPSA) is 53.9 Å². The van der Waals surface area contributed by atoms with E-state index < -0.39 is 0 Å². The summed E-state index contributed by atoms with van der Waals surface area (Å²) in [5.41, 5.74) is 6.06. The molecule has 0 amide bonds. The number of rotatable bonds is 6. The lowest BCUT2D eigenvalue weighted by Gasteiger charge is -2.35. The van der Waals surface area contributed by atoms with Gasteiger partial charge >= 0.3 is 0 Å². The van der Waals surface area contributed by atoms with E-state index in [0.717, 1.165) is 41.5 Å². The molecule has 2 atom stereocenters. The molecule has 0 saturated carbocycles. The minimum Gasteiger partial charge on any atom is -0.497 e. The van der Waals surface area contributed by atoms with Crippen molar-refractivity contribution in [3.63, 3.8) is 0 Å². The van der Waals surface area contributed by atoms with E-state index in [1.54, 1.807) is 25.8 Å². The maximum Gasteiger partial charge on any atom is 0.231 e. The maximum absolute atomic E-state index is 5.67. The summed E-state index contributed by atoms with van der Waals surface area (Å²) in [5, 5.41) is 3.78. The third kappa shape index (κ3) is 3.61. The molecule has 33 heavy (non-hydrogen) atoms. The smallest absolute Gasteiger partial charge is 0.231 e. The Bertz CT molecular complexity index is 1290. The summed E-state index contributed by atoms with van der Waals surface area (Å²) < 4.78 is 25.6. The predicted molar refractivity (Wildman–Crippen MR) is 130 cm³/mol. The summed E-state index contributed by atoms with van der Waals surface area (Å²) in [6.07, 6.45) is 2.09. The van der Waals surface area contributed by atoms with Crippen molar-refractivity contribution in [2.24, 2.45) is 5.92 Å². The maximum atomic E-state index is 5.67. The molecular weight excluding hydrogens is 436 g/mol. The van der Waals surface area contributed by atoms with Gasteiger partial charge in [0.15, 0.2) is 11.5 Å². The number of ether oxygens (including phenoxy) is 4. The Hall–Kier alpha value is -3.16. The second kappa shape index (κ2) is 8.32. The molecule has 1 aliphatic heterocycles. The SMILES string of the molecule is COCC1CCc2cc3c(cc2C1Nc1ccc(-n2sc4cc(OC)ccc42)cc1)OCO3. The number of aryl methyl sites for hydroxylation is 1. The monoisotopic (exact) mass is 462 g/mol. The summed E-state index contributed by atoms with van der Waals surface area (Å²) in [5.74, 6) is 2.96. The number of benzene rings is 3. The number of hydrogen-bond donors (Lipinski definition) is 1. The lowest BCUT2D eigenvalue weighted by molar-refractivity contribution is 0.134. The van der Waals surface area contributed by atoms with E-state index in [0.29, 0.717) is 19.3 Å². The van der Waals surface area contributed by atoms with Crippen LogP contribution in [0.3, 0.4) is 0 Å². The second-order valence-electron chi connectivity index (χ2n) is 8.55. The Morgan fingerprint density at radius 3 is 2.61 bits per heavy atom. The van der Waals surface area contributed by atoms with Crippen LogP contribution in [0.1, 0.15) is 23.6 Å². The molecule has 2 heterocycles. The molecule has 2 aliphatic rings. The fourth-order valence-electron chi connectivity index (χ4n) is 4.89. The van der Waals surface area contributed by atoms with Gasteiger partial charge in [0.2, 0.25) is 6.79 Å². The van der Waals surface area contributed by atoms with Crippen molar-refractivity contribution in [2.45, 2.75) is 18.9 Å². The number of aromatic nitrogens is 1. The van der Waals surface area contributed by atoms with Gasteiger partial charge in [-0.2, -0.15) is 0 Å². The molecule has 0 bridgehead atoms. The molecule has 0 spiro atoms. The summed E-state index contributed by atoms with van der Waals surface area (Å²) in [4.78, 5) is 0. The molecule has 7 heteroatoms. The van der Waals surface area contributed by atoms with Crippen molar-refractivity contribution in [3.8, 4) is 22.9 Å². The van der Waals surface area contributed by atoms with Gasteiger partial charge in [0.05, 0.1) is 35.7 Å². The van der Waals surface area contributed by atoms with Gasteiger partial charge in [-0.05, 0) is 72.5 Å². The van der Waals surface area contributed by atoms with Crippen LogP contribution in [0.5, 0.6) is 17.2 Å². The zero-order chi connectivity index (χ0) is 22.4. The third-order valence-electron chi connectivity index (χ3n) is 6.61. The molecule has 170 valence electrons. The van der Waals surface area contributed by atoms with Crippen molar-refractivity contribution in [2.75, 3.05) is 32.9 Å². The molecule has 1 aromatic heterocycles. The van der Waals surface area contributed by atoms with Gasteiger partial charge in [-0.3, -0.25) is 3.96 Å². The molecular formula is C26H26N2O4S. The standard InChI is InChI=1S/C26H26N2O4S/c1-29-14-17-4-3-16-11-23-24(32-15-31-23)13-21(16)26(17)27-18-5-7-19(8-6-18)28-22-10-9-20(30-2)12-25(22)33-28/h5-13,17,26-27H,3-4,14-15H2,1-2H3. The number of hydrogen-bond acceptors (Lipinski definition) is 6. The van der Waals surface area contributed by atoms with Crippen LogP contribution in [0.25, 0.3) is 15.9 Å². The molecule has 3 aromatic carbocycles. The molecule has 1 aliphatic carbocycles. The van der Waals surface area contributed by atoms with E-state index in [9.17, 15) is 0 Å². The van der Waals surface area contributed by atoms with Gasteiger partial charge < -0.3 is 24.3 Å². The molecule has 6 rings (SSSR count). The molecule has 0 saturated heterocycles. The number of nitrogens with one attached hydrogen (secondary N) is 1. The van der Waals surface area contributed by atoms with E-state index in [4.69, 9.17) is 18.9 Å². The molecule has 1 N–H and O–H groups in total. The van der Waals surface area contributed by atoms with Crippen LogP contribution in [0.15, 0.2) is 54.6 Å². The average Bonchev–Trinajstić information content (AvgIpc) is 3.28. The average molecular weight is 463 g/mol. The fourth-order valence-corrected chi connectivity index (χ4v) is 5.86. The number of anilines is 1. The van der Waals surface area contributed by atoms with E-state index in [1.165, 1.54) is 21.3 Å². The highest BCUT2D eigenvalue weighted by Crippen LogP contribution is 2.44. The third-order valence-corrected chi connectivity index (χ3v) is 7.72. The summed E-state index contributed by atoms with van der Waals surface area (Å²) in [7, 11) is 3.48. The van der Waals surface area contributed by atoms with Gasteiger partial charge in [-0.15, -0.1) is 0 Å². The zero-order valence-corrected chi connectivity index (χ0v) is 19.5. The van der Waals surface area contributed by atoms with Gasteiger partial charge in [-0.25, -0.2) is 0 Å². The fraction of sp³-hybridized carbons (Fsp3) is 0.308. The van der Waals surface area contributed by atoms with Crippen LogP contribution in [-0.4, -0.2) is 31.6 Å². The Labute approximate surface area is 196 Å². The first-order chi connectivity index (χ1) is 16.2. The van der Waals surface area contributed by atoms with Crippen LogP contribution in [0.2, 0.25) is 0 Å². The Morgan fingerprint density at radius 2 is 1.85 bits per heavy atom. The molecule has 2 unspecified atom stereocenters. The van der Waals surface area contributed by atoms with Crippen molar-refractivity contribution in [1.82, 2.24) is 3.96 Å². The summed E-state index contributed by atoms with van der Waals surface area (Å²) >= 11 is 1.72. The molecule has 6 nitrogen and oxygen atoms in total. The number of fused-ring (bicyclic) bond motifs is 3. The van der Waals surface area contributed by atoms with Crippen LogP contribution in [0.4, 0.5) is 5.69 Å². The first kappa shape index (κ1) is 20.4. The highest BCUT2D eigenvalue weighted by atomic mass is 32.1. The van der Waals surface area contributed by atoms with Crippen molar-refractivity contribution in [3.05, 3.63) is 65.7 Å². The summed E-state index contributed by atoms with van der Waals surface area (Å²) in [6, 6.07) is 19.3. The van der Waals surface area contributed by atoms with Crippen LogP contribution >= 0.6 is 11.5 Å². The largest absolute Gasteiger partial charge is 0.497 e. The lowest BCUT2D eigenvalue weighted by Crippen LogP contribution is -2.29. The second-order valence-corrected chi connectivity index (χ2v) is 9.53. The number of nitrogens with zero attached hydrogens (tertiary/aromatic N) is 1. The normalized spacial score (nSPS) is 19.0. The minimum atomic E-state index is 0.153. The van der Waals surface area contributed by atoms with Crippen LogP contribution in [-0.2, 0) is 11.2 Å². The minimum absolute atomic E-state index is 0.153. The Balaban J connectivity index is 1.27. The van der Waals surface area contributed by atoms with Crippen molar-refractivity contribution >= 4 is 27.4 Å². The Morgan fingerprint density at radius 1 is 1.03 bits per heavy atom. The van der Waals surface area contributed by atoms with Crippen molar-refractivity contribution < 1.29 is 18.9 Å². The van der Waals surface area contributed by atoms with Crippen LogP contribution < -0.4 is 19.5 Å². The first-order valence-electron chi connectivity index (χ1n) is 11.2. The zero-order valence-electron chi connectivity index (χ0n) is 18.7. The van der Waals surface area contributed by atoms with Crippen LogP contribution in [0, 0.1) is 5.92 Å². The van der Waals surface area contributed by atoms with Gasteiger partial charge in [0, 0.05) is 24.8 Å². The highest BCUT2D eigenvalue weighted by molar-refractivity contribution is 7.16. The lowest BCUT2D eigenvalue weighted by atomic mass is 9.79. The van der Waals surface area contributed by atoms with E-state index >= 15 is 0 Å². The Kier molecular flexibility index (Phi) is 5.15. The first-order valence-corrected chi connectivity index (χ1v) is 11.9. The van der Waals surface area contributed by atoms with Crippen molar-refractivity contribution in [1.29, 1.82) is 0 Å². The van der Waals surface area contributed by atoms with E-state index in [-0.39, 0.29) is 6.04 Å². The molecule has 0 radical (unpaired) electrons. The van der Waals surface area contributed by atoms with E-state index in [1.807, 2.05) is 6.07 Å². The quantitative estimate of drug-likeness (QED) is 0.393. The summed E-state index contributed by atoms with van der Waals surface area (Å²) in [6.45, 7) is 1.01. The van der Waals surface area contributed by atoms with Gasteiger partial charge in [-0.1, -0.05) is 11.5 Å². The predicted octanol–water partition coefficient (Wildman–Crippen LogP) is 5.79. The van der Waals surface area contributed by atoms with Gasteiger partial charge in [0.25, 0.3) is 0 Å². The van der Waals surface area contributed by atoms with E-state index in [2.05, 4.69) is 57.8 Å². The molecule has 4 aromatic rings. The molecule has 0 fully saturated rings. The highest BCUT2D eigenvalue weighted by Gasteiger charge is 2.32. The van der Waals surface area contributed by atoms with Gasteiger partial charge in [0.1, 0.15) is 5.75 Å². The number of methoxy groups -OCH3 is 2.